The van der Waals surface area contributed by atoms with Crippen LogP contribution in [0.15, 0.2) is 91.1 Å². The van der Waals surface area contributed by atoms with Crippen LogP contribution in [0.25, 0.3) is 0 Å². The standard InChI is InChI=1S/C31H40N2O2.C2H6/c1-6-12-25(7-2)21-24(5)30(34)33-29(20-19-26-13-10-9-11-14-26)31(35)32-28(8-3)22-27-17-15-23(4)16-18-27;1-2/h6-18,24,28-29H,3,19-22H2,1-2,4-5H3,(H,32,35)(H,33,34);1-2H3/b12-6-,25-7+;/t24-,28-,29+;/m1./s1. The number of aryl methyl sites for hydroxylation is 2. The van der Waals surface area contributed by atoms with Gasteiger partial charge in [-0.1, -0.05) is 111 Å². The van der Waals surface area contributed by atoms with Crippen molar-refractivity contribution in [3.8, 4) is 0 Å². The second-order valence-corrected chi connectivity index (χ2v) is 9.09. The van der Waals surface area contributed by atoms with Crippen LogP contribution < -0.4 is 10.6 Å². The third-order valence-corrected chi connectivity index (χ3v) is 6.13. The minimum atomic E-state index is -0.624. The number of carbonyl (C=O) groups excluding carboxylic acids is 2. The summed E-state index contributed by atoms with van der Waals surface area (Å²) in [5.41, 5.74) is 4.56. The molecule has 4 nitrogen and oxygen atoms in total. The molecule has 0 aromatic heterocycles. The molecule has 2 aromatic rings. The maximum Gasteiger partial charge on any atom is 0.243 e. The molecular weight excluding hydrogens is 456 g/mol. The average molecular weight is 503 g/mol. The minimum Gasteiger partial charge on any atom is -0.348 e. The maximum atomic E-state index is 13.3. The quantitative estimate of drug-likeness (QED) is 0.231. The van der Waals surface area contributed by atoms with Gasteiger partial charge in [0.2, 0.25) is 11.8 Å². The lowest BCUT2D eigenvalue weighted by Gasteiger charge is -2.23. The summed E-state index contributed by atoms with van der Waals surface area (Å²) in [7, 11) is 0. The van der Waals surface area contributed by atoms with Crippen LogP contribution >= 0.6 is 0 Å². The summed E-state index contributed by atoms with van der Waals surface area (Å²) in [5, 5.41) is 6.11. The number of hydrogen-bond donors (Lipinski definition) is 2. The highest BCUT2D eigenvalue weighted by Crippen LogP contribution is 2.15. The van der Waals surface area contributed by atoms with E-state index in [1.54, 1.807) is 6.08 Å². The molecule has 2 rings (SSSR count). The van der Waals surface area contributed by atoms with E-state index in [1.807, 2.05) is 83.2 Å². The van der Waals surface area contributed by atoms with E-state index in [9.17, 15) is 9.59 Å². The molecular formula is C33H46N2O2. The Labute approximate surface area is 225 Å². The molecule has 0 saturated carbocycles. The van der Waals surface area contributed by atoms with Gasteiger partial charge in [0, 0.05) is 5.92 Å². The van der Waals surface area contributed by atoms with Crippen molar-refractivity contribution in [2.75, 3.05) is 0 Å². The van der Waals surface area contributed by atoms with Crippen LogP contribution in [0.5, 0.6) is 0 Å². The third kappa shape index (κ3) is 11.9. The summed E-state index contributed by atoms with van der Waals surface area (Å²) in [6.45, 7) is 15.8. The van der Waals surface area contributed by atoms with E-state index in [4.69, 9.17) is 0 Å². The van der Waals surface area contributed by atoms with Crippen molar-refractivity contribution < 1.29 is 9.59 Å². The van der Waals surface area contributed by atoms with Crippen molar-refractivity contribution in [3.63, 3.8) is 0 Å². The molecule has 4 heteroatoms. The monoisotopic (exact) mass is 502 g/mol. The summed E-state index contributed by atoms with van der Waals surface area (Å²) < 4.78 is 0. The SMILES string of the molecule is C=C[C@H](Cc1ccc(C)cc1)NC(=O)[C@H](CCc1ccccc1)NC(=O)[C@H](C)CC(/C=C\C)=C/C.CC. The molecule has 0 unspecified atom stereocenters. The van der Waals surface area contributed by atoms with E-state index < -0.39 is 6.04 Å². The highest BCUT2D eigenvalue weighted by Gasteiger charge is 2.25. The van der Waals surface area contributed by atoms with Crippen LogP contribution in [0.1, 0.15) is 64.2 Å². The third-order valence-electron chi connectivity index (χ3n) is 6.13. The largest absolute Gasteiger partial charge is 0.348 e. The van der Waals surface area contributed by atoms with Crippen LogP contribution in [-0.4, -0.2) is 23.9 Å². The number of nitrogens with one attached hydrogen (secondary N) is 2. The molecule has 0 bridgehead atoms. The Balaban J connectivity index is 0.00000334. The summed E-state index contributed by atoms with van der Waals surface area (Å²) in [5.74, 6) is -0.541. The first kappa shape index (κ1) is 31.6. The second kappa shape index (κ2) is 17.9. The van der Waals surface area contributed by atoms with E-state index in [0.29, 0.717) is 25.7 Å². The lowest BCUT2D eigenvalue weighted by molar-refractivity contribution is -0.131. The van der Waals surface area contributed by atoms with Gasteiger partial charge < -0.3 is 10.6 Å². The molecule has 0 radical (unpaired) electrons. The Kier molecular flexibility index (Phi) is 15.3. The first-order valence-corrected chi connectivity index (χ1v) is 13.5. The molecule has 2 N–H and O–H groups in total. The first-order valence-electron chi connectivity index (χ1n) is 13.5. The van der Waals surface area contributed by atoms with Gasteiger partial charge in [-0.15, -0.1) is 6.58 Å². The van der Waals surface area contributed by atoms with Crippen molar-refractivity contribution >= 4 is 11.8 Å². The summed E-state index contributed by atoms with van der Waals surface area (Å²) >= 11 is 0. The van der Waals surface area contributed by atoms with Gasteiger partial charge in [0.15, 0.2) is 0 Å². The van der Waals surface area contributed by atoms with Crippen LogP contribution in [0.4, 0.5) is 0 Å². The van der Waals surface area contributed by atoms with Gasteiger partial charge in [0.25, 0.3) is 0 Å². The normalized spacial score (nSPS) is 13.6. The predicted molar refractivity (Wildman–Crippen MR) is 157 cm³/mol. The van der Waals surface area contributed by atoms with Crippen LogP contribution in [-0.2, 0) is 22.4 Å². The van der Waals surface area contributed by atoms with E-state index in [1.165, 1.54) is 5.56 Å². The van der Waals surface area contributed by atoms with Gasteiger partial charge >= 0.3 is 0 Å². The number of allylic oxidation sites excluding steroid dienone is 4. The predicted octanol–water partition coefficient (Wildman–Crippen LogP) is 6.90. The number of carbonyl (C=O) groups is 2. The van der Waals surface area contributed by atoms with Gasteiger partial charge in [0.1, 0.15) is 6.04 Å². The number of benzene rings is 2. The molecule has 3 atom stereocenters. The maximum absolute atomic E-state index is 13.3. The lowest BCUT2D eigenvalue weighted by atomic mass is 9.98. The van der Waals surface area contributed by atoms with Gasteiger partial charge in [0.05, 0.1) is 6.04 Å². The van der Waals surface area contributed by atoms with E-state index in [0.717, 1.165) is 16.7 Å². The average Bonchev–Trinajstić information content (AvgIpc) is 2.92. The van der Waals surface area contributed by atoms with E-state index >= 15 is 0 Å². The highest BCUT2D eigenvalue weighted by atomic mass is 16.2. The minimum absolute atomic E-state index is 0.115. The summed E-state index contributed by atoms with van der Waals surface area (Å²) in [6, 6.07) is 17.4. The molecule has 0 heterocycles. The van der Waals surface area contributed by atoms with Crippen molar-refractivity contribution in [2.24, 2.45) is 5.92 Å². The van der Waals surface area contributed by atoms with Crippen molar-refractivity contribution in [1.82, 2.24) is 10.6 Å². The summed E-state index contributed by atoms with van der Waals surface area (Å²) in [4.78, 5) is 26.4. The smallest absolute Gasteiger partial charge is 0.243 e. The Hall–Kier alpha value is -3.40. The van der Waals surface area contributed by atoms with Crippen molar-refractivity contribution in [2.45, 2.75) is 79.3 Å². The van der Waals surface area contributed by atoms with E-state index in [-0.39, 0.29) is 23.8 Å². The van der Waals surface area contributed by atoms with Crippen LogP contribution in [0.3, 0.4) is 0 Å². The van der Waals surface area contributed by atoms with Crippen molar-refractivity contribution in [1.29, 1.82) is 0 Å². The van der Waals surface area contributed by atoms with Crippen molar-refractivity contribution in [3.05, 3.63) is 108 Å². The van der Waals surface area contributed by atoms with Gasteiger partial charge in [-0.2, -0.15) is 0 Å². The fourth-order valence-corrected chi connectivity index (χ4v) is 3.94. The number of amides is 2. The Morgan fingerprint density at radius 1 is 0.919 bits per heavy atom. The fraction of sp³-hybridized carbons (Fsp3) is 0.394. The van der Waals surface area contributed by atoms with Gasteiger partial charge in [-0.25, -0.2) is 0 Å². The molecule has 0 aliphatic rings. The second-order valence-electron chi connectivity index (χ2n) is 9.09. The topological polar surface area (TPSA) is 58.2 Å². The molecule has 200 valence electrons. The zero-order chi connectivity index (χ0) is 27.6. The zero-order valence-electron chi connectivity index (χ0n) is 23.6. The van der Waals surface area contributed by atoms with E-state index in [2.05, 4.69) is 48.4 Å². The molecule has 0 aliphatic carbocycles. The molecule has 37 heavy (non-hydrogen) atoms. The first-order chi connectivity index (χ1) is 17.9. The number of hydrogen-bond acceptors (Lipinski definition) is 2. The molecule has 0 spiro atoms. The lowest BCUT2D eigenvalue weighted by Crippen LogP contribution is -2.51. The molecule has 0 fully saturated rings. The van der Waals surface area contributed by atoms with Gasteiger partial charge in [-0.3, -0.25) is 9.59 Å². The Morgan fingerprint density at radius 2 is 1.57 bits per heavy atom. The molecule has 2 aromatic carbocycles. The highest BCUT2D eigenvalue weighted by molar-refractivity contribution is 5.88. The zero-order valence-corrected chi connectivity index (χ0v) is 23.6. The Bertz CT molecular complexity index is 1010. The summed E-state index contributed by atoms with van der Waals surface area (Å²) in [6.07, 6.45) is 10.3. The fourth-order valence-electron chi connectivity index (χ4n) is 3.94. The molecule has 2 amide bonds. The Morgan fingerprint density at radius 3 is 2.14 bits per heavy atom. The number of rotatable bonds is 13. The molecule has 0 saturated heterocycles. The van der Waals surface area contributed by atoms with Gasteiger partial charge in [-0.05, 0) is 57.6 Å². The van der Waals surface area contributed by atoms with Crippen LogP contribution in [0.2, 0.25) is 0 Å². The molecule has 0 aliphatic heterocycles. The van der Waals surface area contributed by atoms with Crippen LogP contribution in [0, 0.1) is 12.8 Å².